The molecule has 1 aromatic carbocycles. The highest BCUT2D eigenvalue weighted by Gasteiger charge is 2.26. The Kier molecular flexibility index (Phi) is 4.66. The molecule has 6 nitrogen and oxygen atoms in total. The van der Waals surface area contributed by atoms with Gasteiger partial charge in [0.05, 0.1) is 17.8 Å². The van der Waals surface area contributed by atoms with Gasteiger partial charge < -0.3 is 14.8 Å². The standard InChI is InChI=1S/C16H18N4O2S/c1-12(8-19-7-6-17-11-19)18-15(21)9-20-13-4-2-3-5-14(13)23-10-16(20)22/h2-7,11-12H,8-10H2,1H3,(H,18,21)/t12-/m1/s1. The number of rotatable bonds is 5. The van der Waals surface area contributed by atoms with Crippen molar-refractivity contribution in [1.29, 1.82) is 0 Å². The molecule has 2 amide bonds. The zero-order chi connectivity index (χ0) is 16.2. The summed E-state index contributed by atoms with van der Waals surface area (Å²) in [5.74, 6) is 0.174. The second-order valence-corrected chi connectivity index (χ2v) is 6.48. The van der Waals surface area contributed by atoms with Crippen molar-refractivity contribution in [3.63, 3.8) is 0 Å². The first kappa shape index (κ1) is 15.6. The Morgan fingerprint density at radius 1 is 1.43 bits per heavy atom. The number of aromatic nitrogens is 2. The van der Waals surface area contributed by atoms with Gasteiger partial charge in [-0.05, 0) is 19.1 Å². The topological polar surface area (TPSA) is 67.2 Å². The lowest BCUT2D eigenvalue weighted by Crippen LogP contribution is -2.46. The highest BCUT2D eigenvalue weighted by molar-refractivity contribution is 8.00. The summed E-state index contributed by atoms with van der Waals surface area (Å²) >= 11 is 1.51. The molecule has 1 aliphatic heterocycles. The number of hydrogen-bond donors (Lipinski definition) is 1. The first-order valence-electron chi connectivity index (χ1n) is 7.41. The minimum atomic E-state index is -0.160. The van der Waals surface area contributed by atoms with Crippen LogP contribution in [0.4, 0.5) is 5.69 Å². The van der Waals surface area contributed by atoms with Crippen molar-refractivity contribution in [3.8, 4) is 0 Å². The Morgan fingerprint density at radius 2 is 2.26 bits per heavy atom. The molecule has 120 valence electrons. The quantitative estimate of drug-likeness (QED) is 0.903. The van der Waals surface area contributed by atoms with Gasteiger partial charge in [0.25, 0.3) is 0 Å². The molecule has 1 aromatic heterocycles. The third-order valence-corrected chi connectivity index (χ3v) is 4.61. The fourth-order valence-electron chi connectivity index (χ4n) is 2.55. The molecule has 1 aliphatic rings. The van der Waals surface area contributed by atoms with E-state index < -0.39 is 0 Å². The van der Waals surface area contributed by atoms with Gasteiger partial charge in [-0.1, -0.05) is 12.1 Å². The van der Waals surface area contributed by atoms with E-state index in [1.54, 1.807) is 17.4 Å². The third-order valence-electron chi connectivity index (χ3n) is 3.56. The number of nitrogens with one attached hydrogen (secondary N) is 1. The van der Waals surface area contributed by atoms with Crippen LogP contribution < -0.4 is 10.2 Å². The van der Waals surface area contributed by atoms with Crippen LogP contribution in [0.2, 0.25) is 0 Å². The number of carbonyl (C=O) groups is 2. The number of thioether (sulfide) groups is 1. The predicted molar refractivity (Wildman–Crippen MR) is 89.4 cm³/mol. The number of para-hydroxylation sites is 1. The second-order valence-electron chi connectivity index (χ2n) is 5.46. The summed E-state index contributed by atoms with van der Waals surface area (Å²) in [5.41, 5.74) is 0.811. The minimum absolute atomic E-state index is 0.0360. The molecule has 3 rings (SSSR count). The zero-order valence-electron chi connectivity index (χ0n) is 12.8. The summed E-state index contributed by atoms with van der Waals surface area (Å²) in [6.07, 6.45) is 5.27. The van der Waals surface area contributed by atoms with Crippen molar-refractivity contribution < 1.29 is 9.59 Å². The van der Waals surface area contributed by atoms with Crippen molar-refractivity contribution in [2.75, 3.05) is 17.2 Å². The lowest BCUT2D eigenvalue weighted by atomic mass is 10.2. The maximum absolute atomic E-state index is 12.3. The number of amides is 2. The highest BCUT2D eigenvalue weighted by atomic mass is 32.2. The summed E-state index contributed by atoms with van der Waals surface area (Å²) in [6, 6.07) is 7.62. The van der Waals surface area contributed by atoms with Gasteiger partial charge in [0.2, 0.25) is 11.8 Å². The molecule has 0 aliphatic carbocycles. The van der Waals surface area contributed by atoms with Gasteiger partial charge in [-0.25, -0.2) is 4.98 Å². The van der Waals surface area contributed by atoms with Crippen LogP contribution in [-0.2, 0) is 16.1 Å². The van der Waals surface area contributed by atoms with E-state index in [9.17, 15) is 9.59 Å². The minimum Gasteiger partial charge on any atom is -0.350 e. The van der Waals surface area contributed by atoms with E-state index in [-0.39, 0.29) is 24.4 Å². The van der Waals surface area contributed by atoms with E-state index in [4.69, 9.17) is 0 Å². The van der Waals surface area contributed by atoms with E-state index in [0.29, 0.717) is 12.3 Å². The summed E-state index contributed by atoms with van der Waals surface area (Å²) in [5, 5.41) is 2.93. The summed E-state index contributed by atoms with van der Waals surface area (Å²) in [4.78, 5) is 31.0. The van der Waals surface area contributed by atoms with Crippen LogP contribution in [0, 0.1) is 0 Å². The SMILES string of the molecule is C[C@H](Cn1ccnc1)NC(=O)CN1C(=O)CSc2ccccc21. The lowest BCUT2D eigenvalue weighted by Gasteiger charge is -2.28. The van der Waals surface area contributed by atoms with E-state index in [1.165, 1.54) is 11.8 Å². The fourth-order valence-corrected chi connectivity index (χ4v) is 3.48. The number of benzene rings is 1. The number of imidazole rings is 1. The first-order chi connectivity index (χ1) is 11.1. The molecule has 0 unspecified atom stereocenters. The van der Waals surface area contributed by atoms with Crippen LogP contribution in [0.3, 0.4) is 0 Å². The van der Waals surface area contributed by atoms with Gasteiger partial charge in [-0.2, -0.15) is 0 Å². The monoisotopic (exact) mass is 330 g/mol. The number of hydrogen-bond acceptors (Lipinski definition) is 4. The molecule has 1 N–H and O–H groups in total. The molecule has 0 spiro atoms. The molecule has 0 saturated heterocycles. The Morgan fingerprint density at radius 3 is 3.04 bits per heavy atom. The average Bonchev–Trinajstić information content (AvgIpc) is 3.03. The van der Waals surface area contributed by atoms with Crippen LogP contribution in [0.25, 0.3) is 0 Å². The van der Waals surface area contributed by atoms with Crippen LogP contribution >= 0.6 is 11.8 Å². The van der Waals surface area contributed by atoms with E-state index in [1.807, 2.05) is 42.0 Å². The first-order valence-corrected chi connectivity index (χ1v) is 8.39. The number of anilines is 1. The highest BCUT2D eigenvalue weighted by Crippen LogP contribution is 2.34. The van der Waals surface area contributed by atoms with Gasteiger partial charge in [-0.15, -0.1) is 11.8 Å². The third kappa shape index (κ3) is 3.73. The molecule has 2 heterocycles. The van der Waals surface area contributed by atoms with Crippen molar-refractivity contribution >= 4 is 29.3 Å². The summed E-state index contributed by atoms with van der Waals surface area (Å²) < 4.78 is 1.91. The Labute approximate surface area is 138 Å². The molecule has 0 radical (unpaired) electrons. The molecule has 0 saturated carbocycles. The molecule has 1 atom stereocenters. The lowest BCUT2D eigenvalue weighted by molar-refractivity contribution is -0.123. The molecule has 0 fully saturated rings. The maximum Gasteiger partial charge on any atom is 0.240 e. The zero-order valence-corrected chi connectivity index (χ0v) is 13.6. The Hall–Kier alpha value is -2.28. The van der Waals surface area contributed by atoms with Crippen LogP contribution in [-0.4, -0.2) is 39.7 Å². The van der Waals surface area contributed by atoms with Gasteiger partial charge in [0.15, 0.2) is 0 Å². The van der Waals surface area contributed by atoms with Crippen LogP contribution in [0.5, 0.6) is 0 Å². The normalized spacial score (nSPS) is 15.2. The Bertz CT molecular complexity index is 702. The van der Waals surface area contributed by atoms with E-state index >= 15 is 0 Å². The fraction of sp³-hybridized carbons (Fsp3) is 0.312. The van der Waals surface area contributed by atoms with Gasteiger partial charge in [0, 0.05) is 29.9 Å². The predicted octanol–water partition coefficient (Wildman–Crippen LogP) is 1.53. The van der Waals surface area contributed by atoms with Gasteiger partial charge in [-0.3, -0.25) is 9.59 Å². The Balaban J connectivity index is 1.62. The molecule has 2 aromatic rings. The van der Waals surface area contributed by atoms with Crippen molar-refractivity contribution in [2.24, 2.45) is 0 Å². The van der Waals surface area contributed by atoms with Crippen LogP contribution in [0.15, 0.2) is 47.9 Å². The smallest absolute Gasteiger partial charge is 0.240 e. The maximum atomic E-state index is 12.3. The van der Waals surface area contributed by atoms with Crippen molar-refractivity contribution in [3.05, 3.63) is 43.0 Å². The number of nitrogens with zero attached hydrogens (tertiary/aromatic N) is 3. The van der Waals surface area contributed by atoms with Gasteiger partial charge >= 0.3 is 0 Å². The largest absolute Gasteiger partial charge is 0.350 e. The summed E-state index contributed by atoms with van der Waals surface area (Å²) in [6.45, 7) is 2.62. The van der Waals surface area contributed by atoms with E-state index in [0.717, 1.165) is 10.6 Å². The number of fused-ring (bicyclic) bond motifs is 1. The molecule has 23 heavy (non-hydrogen) atoms. The van der Waals surface area contributed by atoms with Gasteiger partial charge in [0.1, 0.15) is 6.54 Å². The van der Waals surface area contributed by atoms with Crippen molar-refractivity contribution in [2.45, 2.75) is 24.4 Å². The van der Waals surface area contributed by atoms with E-state index in [2.05, 4.69) is 10.3 Å². The molecular formula is C16H18N4O2S. The van der Waals surface area contributed by atoms with Crippen molar-refractivity contribution in [1.82, 2.24) is 14.9 Å². The molecular weight excluding hydrogens is 312 g/mol. The number of carbonyl (C=O) groups excluding carboxylic acids is 2. The molecule has 0 bridgehead atoms. The second kappa shape index (κ2) is 6.87. The van der Waals surface area contributed by atoms with Crippen LogP contribution in [0.1, 0.15) is 6.92 Å². The average molecular weight is 330 g/mol. The summed E-state index contributed by atoms with van der Waals surface area (Å²) in [7, 11) is 0. The molecule has 7 heteroatoms.